The Balaban J connectivity index is 2.61. The van der Waals surface area contributed by atoms with Crippen LogP contribution in [-0.2, 0) is 0 Å². The molecule has 0 spiro atoms. The number of nitrogens with one attached hydrogen (secondary N) is 1. The SMILES string of the molecule is CN1[C]NC(C#N)=C1. The first-order valence-corrected chi connectivity index (χ1v) is 2.19. The fraction of sp³-hybridized carbons (Fsp3) is 0.200. The molecule has 0 aliphatic carbocycles. The third-order valence-electron chi connectivity index (χ3n) is 0.810. The van der Waals surface area contributed by atoms with E-state index in [2.05, 4.69) is 12.0 Å². The Morgan fingerprint density at radius 3 is 3.00 bits per heavy atom. The molecular weight excluding hydrogens is 102 g/mol. The summed E-state index contributed by atoms with van der Waals surface area (Å²) < 4.78 is 0. The molecule has 1 rings (SSSR count). The fourth-order valence-corrected chi connectivity index (χ4v) is 0.463. The van der Waals surface area contributed by atoms with Crippen molar-refractivity contribution in [3.05, 3.63) is 18.6 Å². The minimum absolute atomic E-state index is 0.535. The Bertz CT molecular complexity index is 154. The molecule has 1 N–H and O–H groups in total. The standard InChI is InChI=1S/C5H5N3/c1-8-3-5(2-6)7-4-8/h3,7H,1H3. The van der Waals surface area contributed by atoms with E-state index in [9.17, 15) is 0 Å². The quantitative estimate of drug-likeness (QED) is 0.469. The Morgan fingerprint density at radius 1 is 2.00 bits per heavy atom. The molecule has 8 heavy (non-hydrogen) atoms. The van der Waals surface area contributed by atoms with E-state index in [4.69, 9.17) is 5.26 Å². The summed E-state index contributed by atoms with van der Waals surface area (Å²) in [6, 6.07) is 1.94. The largest absolute Gasteiger partial charge is 0.348 e. The molecule has 1 heterocycles. The highest BCUT2D eigenvalue weighted by atomic mass is 15.2. The second kappa shape index (κ2) is 1.74. The van der Waals surface area contributed by atoms with Gasteiger partial charge in [-0.2, -0.15) is 5.26 Å². The highest BCUT2D eigenvalue weighted by Crippen LogP contribution is 2.00. The Morgan fingerprint density at radius 2 is 2.75 bits per heavy atom. The molecule has 0 aromatic heterocycles. The van der Waals surface area contributed by atoms with Crippen LogP contribution in [0.5, 0.6) is 0 Å². The van der Waals surface area contributed by atoms with Gasteiger partial charge < -0.3 is 10.2 Å². The molecule has 2 radical (unpaired) electrons. The summed E-state index contributed by atoms with van der Waals surface area (Å²) in [6.07, 6.45) is 1.67. The van der Waals surface area contributed by atoms with Crippen LogP contribution in [0.15, 0.2) is 11.9 Å². The second-order valence-corrected chi connectivity index (χ2v) is 1.50. The van der Waals surface area contributed by atoms with E-state index in [1.54, 1.807) is 18.1 Å². The second-order valence-electron chi connectivity index (χ2n) is 1.50. The normalized spacial score (nSPS) is 17.0. The van der Waals surface area contributed by atoms with E-state index in [0.717, 1.165) is 0 Å². The van der Waals surface area contributed by atoms with Crippen molar-refractivity contribution < 1.29 is 0 Å². The van der Waals surface area contributed by atoms with Gasteiger partial charge in [0.1, 0.15) is 11.8 Å². The van der Waals surface area contributed by atoms with E-state index < -0.39 is 0 Å². The average molecular weight is 107 g/mol. The van der Waals surface area contributed by atoms with Crippen molar-refractivity contribution in [1.82, 2.24) is 10.2 Å². The number of hydrogen-bond acceptors (Lipinski definition) is 3. The summed E-state index contributed by atoms with van der Waals surface area (Å²) in [5.41, 5.74) is 0.535. The smallest absolute Gasteiger partial charge is 0.205 e. The third-order valence-corrected chi connectivity index (χ3v) is 0.810. The van der Waals surface area contributed by atoms with Gasteiger partial charge in [0.2, 0.25) is 6.67 Å². The molecule has 1 aliphatic heterocycles. The molecule has 0 bridgehead atoms. The van der Waals surface area contributed by atoms with Gasteiger partial charge in [-0.15, -0.1) is 0 Å². The maximum Gasteiger partial charge on any atom is 0.205 e. The number of hydrogen-bond donors (Lipinski definition) is 1. The van der Waals surface area contributed by atoms with Crippen molar-refractivity contribution >= 4 is 0 Å². The molecule has 0 atom stereocenters. The zero-order valence-corrected chi connectivity index (χ0v) is 4.47. The lowest BCUT2D eigenvalue weighted by atomic mass is 10.5. The molecular formula is C5H5N3. The van der Waals surface area contributed by atoms with Gasteiger partial charge in [0, 0.05) is 13.2 Å². The predicted octanol–water partition coefficient (Wildman–Crippen LogP) is -0.117. The van der Waals surface area contributed by atoms with Gasteiger partial charge in [-0.25, -0.2) is 0 Å². The van der Waals surface area contributed by atoms with Crippen molar-refractivity contribution in [2.24, 2.45) is 0 Å². The Kier molecular flexibility index (Phi) is 1.09. The average Bonchev–Trinajstić information content (AvgIpc) is 2.14. The summed E-state index contributed by atoms with van der Waals surface area (Å²) in [5, 5.41) is 10.9. The molecule has 0 saturated carbocycles. The van der Waals surface area contributed by atoms with Gasteiger partial charge in [-0.05, 0) is 0 Å². The van der Waals surface area contributed by atoms with Gasteiger partial charge in [0.15, 0.2) is 0 Å². The molecule has 0 aromatic rings. The summed E-state index contributed by atoms with van der Waals surface area (Å²) in [6.45, 7) is 2.69. The number of allylic oxidation sites excluding steroid dienone is 1. The first kappa shape index (κ1) is 4.98. The van der Waals surface area contributed by atoms with Crippen LogP contribution in [-0.4, -0.2) is 11.9 Å². The number of rotatable bonds is 0. The zero-order chi connectivity index (χ0) is 5.98. The lowest BCUT2D eigenvalue weighted by Gasteiger charge is -1.98. The summed E-state index contributed by atoms with van der Waals surface area (Å²) in [5.74, 6) is 0. The van der Waals surface area contributed by atoms with E-state index in [1.165, 1.54) is 0 Å². The van der Waals surface area contributed by atoms with Crippen molar-refractivity contribution in [1.29, 1.82) is 5.26 Å². The molecule has 0 unspecified atom stereocenters. The minimum atomic E-state index is 0.535. The summed E-state index contributed by atoms with van der Waals surface area (Å²) in [7, 11) is 1.80. The van der Waals surface area contributed by atoms with Crippen LogP contribution in [0.25, 0.3) is 0 Å². The summed E-state index contributed by atoms with van der Waals surface area (Å²) >= 11 is 0. The monoisotopic (exact) mass is 107 g/mol. The fourth-order valence-electron chi connectivity index (χ4n) is 0.463. The van der Waals surface area contributed by atoms with E-state index in [-0.39, 0.29) is 0 Å². The highest BCUT2D eigenvalue weighted by molar-refractivity contribution is 5.22. The van der Waals surface area contributed by atoms with Crippen molar-refractivity contribution in [3.8, 4) is 6.07 Å². The Hall–Kier alpha value is -1.17. The van der Waals surface area contributed by atoms with E-state index in [1.807, 2.05) is 6.07 Å². The number of nitrogens with zero attached hydrogens (tertiary/aromatic N) is 2. The van der Waals surface area contributed by atoms with Gasteiger partial charge in [-0.3, -0.25) is 0 Å². The number of nitriles is 1. The van der Waals surface area contributed by atoms with Gasteiger partial charge in [0.25, 0.3) is 0 Å². The molecule has 0 fully saturated rings. The maximum atomic E-state index is 8.24. The van der Waals surface area contributed by atoms with Crippen molar-refractivity contribution in [2.75, 3.05) is 7.05 Å². The maximum absolute atomic E-state index is 8.24. The van der Waals surface area contributed by atoms with Crippen LogP contribution >= 0.6 is 0 Å². The summed E-state index contributed by atoms with van der Waals surface area (Å²) in [4.78, 5) is 1.67. The van der Waals surface area contributed by atoms with Crippen LogP contribution in [0.3, 0.4) is 0 Å². The van der Waals surface area contributed by atoms with Crippen LogP contribution < -0.4 is 5.32 Å². The van der Waals surface area contributed by atoms with Crippen LogP contribution in [0.4, 0.5) is 0 Å². The molecule has 0 amide bonds. The van der Waals surface area contributed by atoms with Crippen LogP contribution in [0.1, 0.15) is 0 Å². The molecule has 3 heteroatoms. The molecule has 3 nitrogen and oxygen atoms in total. The van der Waals surface area contributed by atoms with Crippen LogP contribution in [0, 0.1) is 18.0 Å². The lowest BCUT2D eigenvalue weighted by Crippen LogP contribution is -2.08. The Labute approximate surface area is 48.2 Å². The van der Waals surface area contributed by atoms with Gasteiger partial charge in [-0.1, -0.05) is 0 Å². The van der Waals surface area contributed by atoms with Crippen molar-refractivity contribution in [2.45, 2.75) is 0 Å². The predicted molar refractivity (Wildman–Crippen MR) is 27.8 cm³/mol. The molecule has 40 valence electrons. The first-order chi connectivity index (χ1) is 3.83. The molecule has 1 aliphatic rings. The minimum Gasteiger partial charge on any atom is -0.348 e. The zero-order valence-electron chi connectivity index (χ0n) is 4.47. The lowest BCUT2D eigenvalue weighted by molar-refractivity contribution is 0.559. The van der Waals surface area contributed by atoms with Crippen molar-refractivity contribution in [3.63, 3.8) is 0 Å². The molecule has 0 aromatic carbocycles. The highest BCUT2D eigenvalue weighted by Gasteiger charge is 2.06. The molecule has 0 saturated heterocycles. The third kappa shape index (κ3) is 0.733. The van der Waals surface area contributed by atoms with Crippen LogP contribution in [0.2, 0.25) is 0 Å². The van der Waals surface area contributed by atoms with E-state index >= 15 is 0 Å². The topological polar surface area (TPSA) is 39.1 Å². The van der Waals surface area contributed by atoms with Gasteiger partial charge in [0.05, 0.1) is 0 Å². The first-order valence-electron chi connectivity index (χ1n) is 2.19. The van der Waals surface area contributed by atoms with Gasteiger partial charge >= 0.3 is 0 Å². The van der Waals surface area contributed by atoms with E-state index in [0.29, 0.717) is 5.70 Å².